The van der Waals surface area contributed by atoms with Crippen molar-refractivity contribution in [3.63, 3.8) is 0 Å². The number of hydrogen-bond acceptors (Lipinski definition) is 3. The lowest BCUT2D eigenvalue weighted by molar-refractivity contribution is 0.382. The van der Waals surface area contributed by atoms with Crippen LogP contribution in [0.15, 0.2) is 18.5 Å². The van der Waals surface area contributed by atoms with Crippen LogP contribution < -0.4 is 5.73 Å². The molecule has 96 valence electrons. The first kappa shape index (κ1) is 11.7. The lowest BCUT2D eigenvalue weighted by atomic mass is 9.96. The monoisotopic (exact) mass is 244 g/mol. The molecule has 0 spiro atoms. The highest BCUT2D eigenvalue weighted by molar-refractivity contribution is 5.75. The Morgan fingerprint density at radius 1 is 1.50 bits per heavy atom. The van der Waals surface area contributed by atoms with Crippen molar-refractivity contribution in [2.24, 2.45) is 11.7 Å². The molecule has 4 heteroatoms. The summed E-state index contributed by atoms with van der Waals surface area (Å²) >= 11 is 0. The molecular weight excluding hydrogens is 224 g/mol. The van der Waals surface area contributed by atoms with Crippen LogP contribution in [0.5, 0.6) is 0 Å². The second-order valence-corrected chi connectivity index (χ2v) is 5.51. The van der Waals surface area contributed by atoms with Gasteiger partial charge in [-0.2, -0.15) is 0 Å². The van der Waals surface area contributed by atoms with Crippen molar-refractivity contribution < 1.29 is 0 Å². The van der Waals surface area contributed by atoms with E-state index in [1.807, 2.05) is 18.5 Å². The third kappa shape index (κ3) is 1.72. The second kappa shape index (κ2) is 4.05. The molecule has 2 heterocycles. The van der Waals surface area contributed by atoms with Gasteiger partial charge in [-0.25, -0.2) is 4.98 Å². The van der Waals surface area contributed by atoms with Gasteiger partial charge in [-0.15, -0.1) is 0 Å². The first-order chi connectivity index (χ1) is 8.64. The number of fused-ring (bicyclic) bond motifs is 1. The summed E-state index contributed by atoms with van der Waals surface area (Å²) in [5.41, 5.74) is 8.33. The molecule has 4 nitrogen and oxygen atoms in total. The zero-order valence-corrected chi connectivity index (χ0v) is 11.1. The Labute approximate surface area is 107 Å². The highest BCUT2D eigenvalue weighted by Gasteiger charge is 2.43. The van der Waals surface area contributed by atoms with Gasteiger partial charge in [0.25, 0.3) is 0 Å². The quantitative estimate of drug-likeness (QED) is 0.898. The fourth-order valence-corrected chi connectivity index (χ4v) is 2.71. The number of rotatable bonds is 4. The van der Waals surface area contributed by atoms with Crippen LogP contribution in [0, 0.1) is 5.92 Å². The minimum absolute atomic E-state index is 0.311. The fourth-order valence-electron chi connectivity index (χ4n) is 2.71. The number of nitrogens with zero attached hydrogens (tertiary/aromatic N) is 3. The van der Waals surface area contributed by atoms with Crippen LogP contribution in [0.3, 0.4) is 0 Å². The van der Waals surface area contributed by atoms with Crippen LogP contribution in [0.25, 0.3) is 11.0 Å². The van der Waals surface area contributed by atoms with E-state index in [0.717, 1.165) is 29.8 Å². The Balaban J connectivity index is 2.17. The molecule has 1 aliphatic rings. The predicted octanol–water partition coefficient (Wildman–Crippen LogP) is 2.43. The summed E-state index contributed by atoms with van der Waals surface area (Å²) in [5, 5.41) is 0. The summed E-state index contributed by atoms with van der Waals surface area (Å²) in [6, 6.07) is 2.03. The number of nitrogens with two attached hydrogens (primary N) is 1. The van der Waals surface area contributed by atoms with Crippen molar-refractivity contribution in [1.29, 1.82) is 0 Å². The van der Waals surface area contributed by atoms with Gasteiger partial charge in [0.15, 0.2) is 0 Å². The molecule has 3 rings (SSSR count). The summed E-state index contributed by atoms with van der Waals surface area (Å²) in [7, 11) is 0. The van der Waals surface area contributed by atoms with Gasteiger partial charge in [0.2, 0.25) is 0 Å². The van der Waals surface area contributed by atoms with Gasteiger partial charge in [0.05, 0.1) is 17.3 Å². The van der Waals surface area contributed by atoms with Gasteiger partial charge in [-0.1, -0.05) is 6.92 Å². The number of aromatic nitrogens is 3. The van der Waals surface area contributed by atoms with Gasteiger partial charge < -0.3 is 10.3 Å². The van der Waals surface area contributed by atoms with E-state index in [1.54, 1.807) is 0 Å². The maximum absolute atomic E-state index is 6.53. The number of aryl methyl sites for hydroxylation is 1. The zero-order valence-electron chi connectivity index (χ0n) is 11.1. The largest absolute Gasteiger partial charge is 0.326 e. The normalized spacial score (nSPS) is 19.1. The predicted molar refractivity (Wildman–Crippen MR) is 72.1 cm³/mol. The van der Waals surface area contributed by atoms with E-state index in [2.05, 4.69) is 23.4 Å². The second-order valence-electron chi connectivity index (χ2n) is 5.51. The Kier molecular flexibility index (Phi) is 2.63. The number of hydrogen-bond donors (Lipinski definition) is 1. The lowest BCUT2D eigenvalue weighted by Gasteiger charge is -2.25. The average molecular weight is 244 g/mol. The van der Waals surface area contributed by atoms with Crippen molar-refractivity contribution in [3.05, 3.63) is 24.3 Å². The topological polar surface area (TPSA) is 56.7 Å². The summed E-state index contributed by atoms with van der Waals surface area (Å²) in [4.78, 5) is 8.89. The molecule has 0 bridgehead atoms. The zero-order chi connectivity index (χ0) is 12.8. The number of imidazole rings is 1. The van der Waals surface area contributed by atoms with E-state index in [4.69, 9.17) is 10.7 Å². The highest BCUT2D eigenvalue weighted by atomic mass is 15.1. The molecule has 0 aromatic carbocycles. The molecule has 0 saturated heterocycles. The summed E-state index contributed by atoms with van der Waals surface area (Å²) < 4.78 is 2.27. The first-order valence-corrected chi connectivity index (χ1v) is 6.74. The van der Waals surface area contributed by atoms with Crippen LogP contribution in [0.1, 0.15) is 38.9 Å². The molecule has 0 aliphatic heterocycles. The minimum atomic E-state index is -0.311. The Bertz CT molecular complexity index is 566. The smallest absolute Gasteiger partial charge is 0.130 e. The first-order valence-electron chi connectivity index (χ1n) is 6.74. The fraction of sp³-hybridized carbons (Fsp3) is 0.571. The summed E-state index contributed by atoms with van der Waals surface area (Å²) in [6.45, 7) is 5.27. The molecule has 0 radical (unpaired) electrons. The molecule has 1 aliphatic carbocycles. The molecule has 18 heavy (non-hydrogen) atoms. The third-order valence-electron chi connectivity index (χ3n) is 3.90. The van der Waals surface area contributed by atoms with E-state index >= 15 is 0 Å². The maximum atomic E-state index is 6.53. The van der Waals surface area contributed by atoms with Crippen molar-refractivity contribution in [2.45, 2.75) is 45.2 Å². The molecule has 0 amide bonds. The van der Waals surface area contributed by atoms with Crippen LogP contribution in [-0.4, -0.2) is 14.5 Å². The van der Waals surface area contributed by atoms with E-state index in [1.165, 1.54) is 12.8 Å². The molecule has 2 aromatic rings. The molecule has 1 unspecified atom stereocenters. The van der Waals surface area contributed by atoms with Gasteiger partial charge in [-0.05, 0) is 38.2 Å². The molecule has 2 aromatic heterocycles. The molecule has 1 atom stereocenters. The van der Waals surface area contributed by atoms with Crippen LogP contribution >= 0.6 is 0 Å². The number of pyridine rings is 1. The SMILES string of the molecule is CCCn1c(C(C)(N)C2CC2)nc2cnccc21. The van der Waals surface area contributed by atoms with Crippen molar-refractivity contribution in [1.82, 2.24) is 14.5 Å². The van der Waals surface area contributed by atoms with Crippen molar-refractivity contribution in [3.8, 4) is 0 Å². The minimum Gasteiger partial charge on any atom is -0.326 e. The van der Waals surface area contributed by atoms with Crippen LogP contribution in [0.4, 0.5) is 0 Å². The van der Waals surface area contributed by atoms with Crippen LogP contribution in [-0.2, 0) is 12.1 Å². The summed E-state index contributed by atoms with van der Waals surface area (Å²) in [6.07, 6.45) is 7.18. The Morgan fingerprint density at radius 2 is 2.28 bits per heavy atom. The van der Waals surface area contributed by atoms with Crippen molar-refractivity contribution in [2.75, 3.05) is 0 Å². The van der Waals surface area contributed by atoms with Crippen molar-refractivity contribution >= 4 is 11.0 Å². The van der Waals surface area contributed by atoms with Gasteiger partial charge in [0, 0.05) is 12.7 Å². The van der Waals surface area contributed by atoms with Gasteiger partial charge >= 0.3 is 0 Å². The van der Waals surface area contributed by atoms with E-state index < -0.39 is 0 Å². The highest BCUT2D eigenvalue weighted by Crippen LogP contribution is 2.44. The Hall–Kier alpha value is -1.42. The molecule has 1 saturated carbocycles. The van der Waals surface area contributed by atoms with Crippen LogP contribution in [0.2, 0.25) is 0 Å². The standard InChI is InChI=1S/C14H20N4/c1-3-8-18-12-6-7-16-9-11(12)17-13(18)14(2,15)10-4-5-10/h6-7,9-10H,3-5,8,15H2,1-2H3. The van der Waals surface area contributed by atoms with E-state index in [9.17, 15) is 0 Å². The lowest BCUT2D eigenvalue weighted by Crippen LogP contribution is -2.38. The summed E-state index contributed by atoms with van der Waals surface area (Å²) in [5.74, 6) is 1.60. The molecule has 2 N–H and O–H groups in total. The average Bonchev–Trinajstić information content (AvgIpc) is 3.14. The maximum Gasteiger partial charge on any atom is 0.130 e. The molecular formula is C14H20N4. The van der Waals surface area contributed by atoms with Gasteiger partial charge in [-0.3, -0.25) is 4.98 Å². The van der Waals surface area contributed by atoms with E-state index in [-0.39, 0.29) is 5.54 Å². The Morgan fingerprint density at radius 3 is 2.94 bits per heavy atom. The van der Waals surface area contributed by atoms with E-state index in [0.29, 0.717) is 5.92 Å². The molecule has 1 fully saturated rings. The van der Waals surface area contributed by atoms with Gasteiger partial charge in [0.1, 0.15) is 11.3 Å². The third-order valence-corrected chi connectivity index (χ3v) is 3.90.